The highest BCUT2D eigenvalue weighted by molar-refractivity contribution is 5.88. The van der Waals surface area contributed by atoms with Crippen LogP contribution in [0, 0.1) is 0 Å². The summed E-state index contributed by atoms with van der Waals surface area (Å²) in [5.74, 6) is -0.0676. The molecular weight excluding hydrogens is 216 g/mol. The van der Waals surface area contributed by atoms with Gasteiger partial charge in [0.25, 0.3) is 0 Å². The zero-order valence-corrected chi connectivity index (χ0v) is 10.3. The SMILES string of the molecule is CCc1cc(C(=O)O)cc(N(CC)C2CC2)n1. The van der Waals surface area contributed by atoms with Crippen molar-refractivity contribution in [2.75, 3.05) is 11.4 Å². The lowest BCUT2D eigenvalue weighted by Gasteiger charge is -2.22. The third-order valence-electron chi connectivity index (χ3n) is 3.10. The van der Waals surface area contributed by atoms with Crippen molar-refractivity contribution in [3.63, 3.8) is 0 Å². The maximum absolute atomic E-state index is 11.1. The molecule has 0 bridgehead atoms. The van der Waals surface area contributed by atoms with E-state index in [1.807, 2.05) is 6.92 Å². The second kappa shape index (κ2) is 4.73. The molecule has 2 rings (SSSR count). The standard InChI is InChI=1S/C13H18N2O2/c1-3-10-7-9(13(16)17)8-12(14-10)15(4-2)11-5-6-11/h7-8,11H,3-6H2,1-2H3,(H,16,17). The molecule has 1 aliphatic carbocycles. The summed E-state index contributed by atoms with van der Waals surface area (Å²) in [6, 6.07) is 3.90. The minimum absolute atomic E-state index is 0.339. The van der Waals surface area contributed by atoms with Crippen LogP contribution in [0.1, 0.15) is 42.7 Å². The minimum atomic E-state index is -0.879. The molecule has 0 amide bonds. The summed E-state index contributed by atoms with van der Waals surface area (Å²) in [5.41, 5.74) is 1.19. The Balaban J connectivity index is 2.37. The number of carbonyl (C=O) groups is 1. The molecular formula is C13H18N2O2. The van der Waals surface area contributed by atoms with Gasteiger partial charge >= 0.3 is 5.97 Å². The molecule has 0 atom stereocenters. The van der Waals surface area contributed by atoms with Crippen molar-refractivity contribution >= 4 is 11.8 Å². The molecule has 1 N–H and O–H groups in total. The van der Waals surface area contributed by atoms with Gasteiger partial charge in [-0.2, -0.15) is 0 Å². The van der Waals surface area contributed by atoms with Crippen molar-refractivity contribution < 1.29 is 9.90 Å². The quantitative estimate of drug-likeness (QED) is 0.849. The molecule has 1 saturated carbocycles. The van der Waals surface area contributed by atoms with Crippen molar-refractivity contribution in [2.24, 2.45) is 0 Å². The van der Waals surface area contributed by atoms with Crippen LogP contribution >= 0.6 is 0 Å². The van der Waals surface area contributed by atoms with E-state index in [1.54, 1.807) is 12.1 Å². The Morgan fingerprint density at radius 3 is 2.65 bits per heavy atom. The lowest BCUT2D eigenvalue weighted by Crippen LogP contribution is -2.26. The number of anilines is 1. The van der Waals surface area contributed by atoms with Gasteiger partial charge < -0.3 is 10.0 Å². The average Bonchev–Trinajstić information content (AvgIpc) is 3.14. The van der Waals surface area contributed by atoms with E-state index in [0.717, 1.165) is 24.5 Å². The molecule has 1 heterocycles. The molecule has 0 aliphatic heterocycles. The van der Waals surface area contributed by atoms with Gasteiger partial charge in [-0.15, -0.1) is 0 Å². The van der Waals surface area contributed by atoms with Crippen LogP contribution in [0.5, 0.6) is 0 Å². The van der Waals surface area contributed by atoms with Crippen LogP contribution in [-0.2, 0) is 6.42 Å². The summed E-state index contributed by atoms with van der Waals surface area (Å²) in [5, 5.41) is 9.09. The van der Waals surface area contributed by atoms with E-state index in [0.29, 0.717) is 11.6 Å². The van der Waals surface area contributed by atoms with Gasteiger partial charge in [0, 0.05) is 18.3 Å². The number of nitrogens with zero attached hydrogens (tertiary/aromatic N) is 2. The molecule has 17 heavy (non-hydrogen) atoms. The average molecular weight is 234 g/mol. The second-order valence-electron chi connectivity index (χ2n) is 4.38. The lowest BCUT2D eigenvalue weighted by atomic mass is 10.2. The summed E-state index contributed by atoms with van der Waals surface area (Å²) in [4.78, 5) is 17.8. The number of carboxylic acids is 1. The van der Waals surface area contributed by atoms with Crippen molar-refractivity contribution in [3.05, 3.63) is 23.4 Å². The first-order valence-electron chi connectivity index (χ1n) is 6.16. The number of pyridine rings is 1. The molecule has 92 valence electrons. The van der Waals surface area contributed by atoms with Gasteiger partial charge in [-0.25, -0.2) is 9.78 Å². The molecule has 1 aromatic heterocycles. The van der Waals surface area contributed by atoms with Crippen molar-refractivity contribution in [1.29, 1.82) is 0 Å². The van der Waals surface area contributed by atoms with Gasteiger partial charge in [-0.05, 0) is 38.3 Å². The van der Waals surface area contributed by atoms with Crippen LogP contribution in [0.2, 0.25) is 0 Å². The van der Waals surface area contributed by atoms with Crippen LogP contribution in [0.25, 0.3) is 0 Å². The predicted molar refractivity (Wildman–Crippen MR) is 66.6 cm³/mol. The van der Waals surface area contributed by atoms with Gasteiger partial charge in [-0.1, -0.05) is 6.92 Å². The first-order valence-corrected chi connectivity index (χ1v) is 6.16. The third kappa shape index (κ3) is 2.57. The number of rotatable bonds is 5. The monoisotopic (exact) mass is 234 g/mol. The molecule has 0 spiro atoms. The largest absolute Gasteiger partial charge is 0.478 e. The fourth-order valence-corrected chi connectivity index (χ4v) is 2.02. The smallest absolute Gasteiger partial charge is 0.335 e. The van der Waals surface area contributed by atoms with E-state index >= 15 is 0 Å². The van der Waals surface area contributed by atoms with Gasteiger partial charge in [-0.3, -0.25) is 0 Å². The van der Waals surface area contributed by atoms with E-state index in [2.05, 4.69) is 16.8 Å². The van der Waals surface area contributed by atoms with Crippen molar-refractivity contribution in [1.82, 2.24) is 4.98 Å². The van der Waals surface area contributed by atoms with Crippen LogP contribution in [0.4, 0.5) is 5.82 Å². The third-order valence-corrected chi connectivity index (χ3v) is 3.10. The summed E-state index contributed by atoms with van der Waals surface area (Å²) >= 11 is 0. The van der Waals surface area contributed by atoms with Crippen molar-refractivity contribution in [3.8, 4) is 0 Å². The molecule has 0 radical (unpaired) electrons. The maximum Gasteiger partial charge on any atom is 0.335 e. The number of hydrogen-bond donors (Lipinski definition) is 1. The molecule has 1 aliphatic rings. The molecule has 0 aromatic carbocycles. The zero-order chi connectivity index (χ0) is 12.4. The number of aromatic carboxylic acids is 1. The van der Waals surface area contributed by atoms with E-state index in [-0.39, 0.29) is 0 Å². The lowest BCUT2D eigenvalue weighted by molar-refractivity contribution is 0.0696. The Hall–Kier alpha value is -1.58. The molecule has 4 heteroatoms. The first-order chi connectivity index (χ1) is 8.15. The minimum Gasteiger partial charge on any atom is -0.478 e. The summed E-state index contributed by atoms with van der Waals surface area (Å²) in [6.45, 7) is 4.95. The zero-order valence-electron chi connectivity index (χ0n) is 10.3. The normalized spacial score (nSPS) is 14.7. The van der Waals surface area contributed by atoms with E-state index in [1.165, 1.54) is 12.8 Å². The number of aromatic nitrogens is 1. The fraction of sp³-hybridized carbons (Fsp3) is 0.538. The summed E-state index contributed by atoms with van der Waals surface area (Å²) < 4.78 is 0. The number of aryl methyl sites for hydroxylation is 1. The fourth-order valence-electron chi connectivity index (χ4n) is 2.02. The van der Waals surface area contributed by atoms with Gasteiger partial charge in [0.05, 0.1) is 5.56 Å². The Kier molecular flexibility index (Phi) is 3.31. The summed E-state index contributed by atoms with van der Waals surface area (Å²) in [6.07, 6.45) is 3.14. The Morgan fingerprint density at radius 2 is 2.18 bits per heavy atom. The van der Waals surface area contributed by atoms with Crippen LogP contribution in [0.3, 0.4) is 0 Å². The van der Waals surface area contributed by atoms with Crippen LogP contribution < -0.4 is 4.90 Å². The maximum atomic E-state index is 11.1. The van der Waals surface area contributed by atoms with E-state index in [4.69, 9.17) is 5.11 Å². The van der Waals surface area contributed by atoms with Crippen LogP contribution in [-0.4, -0.2) is 28.6 Å². The van der Waals surface area contributed by atoms with Gasteiger partial charge in [0.1, 0.15) is 5.82 Å². The van der Waals surface area contributed by atoms with Gasteiger partial charge in [0.15, 0.2) is 0 Å². The highest BCUT2D eigenvalue weighted by Gasteiger charge is 2.29. The first kappa shape index (κ1) is 11.9. The topological polar surface area (TPSA) is 53.4 Å². The predicted octanol–water partition coefficient (Wildman–Crippen LogP) is 2.33. The molecule has 1 fully saturated rings. The molecule has 1 aromatic rings. The Labute approximate surface area is 101 Å². The van der Waals surface area contributed by atoms with Crippen LogP contribution in [0.15, 0.2) is 12.1 Å². The highest BCUT2D eigenvalue weighted by Crippen LogP contribution is 2.30. The number of carboxylic acid groups (broad SMARTS) is 1. The molecule has 4 nitrogen and oxygen atoms in total. The number of hydrogen-bond acceptors (Lipinski definition) is 3. The highest BCUT2D eigenvalue weighted by atomic mass is 16.4. The summed E-state index contributed by atoms with van der Waals surface area (Å²) in [7, 11) is 0. The van der Waals surface area contributed by atoms with E-state index in [9.17, 15) is 4.79 Å². The van der Waals surface area contributed by atoms with E-state index < -0.39 is 5.97 Å². The molecule has 0 unspecified atom stereocenters. The van der Waals surface area contributed by atoms with Gasteiger partial charge in [0.2, 0.25) is 0 Å². The Morgan fingerprint density at radius 1 is 1.47 bits per heavy atom. The Bertz CT molecular complexity index is 427. The second-order valence-corrected chi connectivity index (χ2v) is 4.38. The molecule has 0 saturated heterocycles. The van der Waals surface area contributed by atoms with Crippen molar-refractivity contribution in [2.45, 2.75) is 39.2 Å².